The van der Waals surface area contributed by atoms with Crippen LogP contribution in [0, 0.1) is 0 Å². The van der Waals surface area contributed by atoms with E-state index < -0.39 is 9.84 Å². The maximum atomic E-state index is 11.4. The molecule has 0 aliphatic carbocycles. The molecule has 1 saturated heterocycles. The highest BCUT2D eigenvalue weighted by atomic mass is 32.2. The molecule has 1 aromatic rings. The van der Waals surface area contributed by atoms with Gasteiger partial charge in [-0.15, -0.1) is 0 Å². The summed E-state index contributed by atoms with van der Waals surface area (Å²) in [6, 6.07) is 7.79. The molecule has 0 radical (unpaired) electrons. The molecule has 0 aromatic heterocycles. The average Bonchev–Trinajstić information content (AvgIpc) is 2.28. The lowest BCUT2D eigenvalue weighted by atomic mass is 9.98. The molecule has 0 saturated carbocycles. The van der Waals surface area contributed by atoms with E-state index in [1.807, 2.05) is 12.1 Å². The van der Waals surface area contributed by atoms with Gasteiger partial charge >= 0.3 is 0 Å². The van der Waals surface area contributed by atoms with Crippen LogP contribution in [0.4, 0.5) is 5.69 Å². The van der Waals surface area contributed by atoms with Crippen molar-refractivity contribution >= 4 is 15.5 Å². The number of anilines is 1. The topological polar surface area (TPSA) is 63.4 Å². The van der Waals surface area contributed by atoms with Crippen molar-refractivity contribution in [3.05, 3.63) is 24.3 Å². The van der Waals surface area contributed by atoms with Crippen LogP contribution in [0.1, 0.15) is 19.8 Å². The Balaban J connectivity index is 2.20. The predicted molar refractivity (Wildman–Crippen MR) is 73.6 cm³/mol. The summed E-state index contributed by atoms with van der Waals surface area (Å²) in [5, 5.41) is 0. The Hall–Kier alpha value is -1.07. The first-order chi connectivity index (χ1) is 8.38. The highest BCUT2D eigenvalue weighted by molar-refractivity contribution is 7.90. The molecular formula is C13H20N2O2S. The summed E-state index contributed by atoms with van der Waals surface area (Å²) in [5.41, 5.74) is 7.01. The Kier molecular flexibility index (Phi) is 3.64. The first-order valence-electron chi connectivity index (χ1n) is 6.20. The van der Waals surface area contributed by atoms with E-state index in [-0.39, 0.29) is 6.04 Å². The van der Waals surface area contributed by atoms with Crippen LogP contribution in [0.2, 0.25) is 0 Å². The summed E-state index contributed by atoms with van der Waals surface area (Å²) < 4.78 is 22.8. The monoisotopic (exact) mass is 268 g/mol. The molecule has 0 bridgehead atoms. The summed E-state index contributed by atoms with van der Waals surface area (Å²) in [4.78, 5) is 2.66. The Labute approximate surface area is 109 Å². The molecule has 1 aliphatic heterocycles. The average molecular weight is 268 g/mol. The van der Waals surface area contributed by atoms with Crippen molar-refractivity contribution in [2.75, 3.05) is 17.7 Å². The molecule has 2 atom stereocenters. The third-order valence-corrected chi connectivity index (χ3v) is 4.64. The lowest BCUT2D eigenvalue weighted by molar-refractivity contribution is 0.430. The lowest BCUT2D eigenvalue weighted by Crippen LogP contribution is -2.45. The Morgan fingerprint density at radius 2 is 1.89 bits per heavy atom. The second-order valence-corrected chi connectivity index (χ2v) is 7.11. The zero-order chi connectivity index (χ0) is 13.3. The third-order valence-electron chi connectivity index (χ3n) is 3.51. The molecule has 2 N–H and O–H groups in total. The van der Waals surface area contributed by atoms with Crippen LogP contribution < -0.4 is 10.6 Å². The number of nitrogens with zero attached hydrogens (tertiary/aromatic N) is 1. The van der Waals surface area contributed by atoms with E-state index in [9.17, 15) is 8.42 Å². The van der Waals surface area contributed by atoms with Crippen molar-refractivity contribution < 1.29 is 8.42 Å². The van der Waals surface area contributed by atoms with Crippen LogP contribution in [0.15, 0.2) is 29.2 Å². The summed E-state index contributed by atoms with van der Waals surface area (Å²) >= 11 is 0. The minimum atomic E-state index is -3.11. The molecule has 100 valence electrons. The molecule has 2 rings (SSSR count). The number of rotatable bonds is 2. The van der Waals surface area contributed by atoms with E-state index in [1.165, 1.54) is 6.26 Å². The number of benzene rings is 1. The fourth-order valence-electron chi connectivity index (χ4n) is 2.48. The molecule has 1 aliphatic rings. The van der Waals surface area contributed by atoms with Crippen LogP contribution in [0.5, 0.6) is 0 Å². The molecule has 18 heavy (non-hydrogen) atoms. The van der Waals surface area contributed by atoms with Crippen LogP contribution in [-0.2, 0) is 9.84 Å². The Bertz CT molecular complexity index is 510. The van der Waals surface area contributed by atoms with Gasteiger partial charge in [-0.3, -0.25) is 0 Å². The van der Waals surface area contributed by atoms with E-state index in [2.05, 4.69) is 11.8 Å². The zero-order valence-electron chi connectivity index (χ0n) is 10.8. The largest absolute Gasteiger partial charge is 0.369 e. The van der Waals surface area contributed by atoms with Gasteiger partial charge in [0.1, 0.15) is 0 Å². The number of hydrogen-bond donors (Lipinski definition) is 1. The molecule has 4 nitrogen and oxygen atoms in total. The predicted octanol–water partition coefficient (Wildman–Crippen LogP) is 1.41. The van der Waals surface area contributed by atoms with E-state index in [1.54, 1.807) is 12.1 Å². The van der Waals surface area contributed by atoms with Crippen LogP contribution in [0.25, 0.3) is 0 Å². The zero-order valence-corrected chi connectivity index (χ0v) is 11.7. The van der Waals surface area contributed by atoms with Gasteiger partial charge in [0.2, 0.25) is 0 Å². The van der Waals surface area contributed by atoms with E-state index in [0.29, 0.717) is 10.9 Å². The van der Waals surface area contributed by atoms with Crippen molar-refractivity contribution in [3.63, 3.8) is 0 Å². The van der Waals surface area contributed by atoms with Gasteiger partial charge in [-0.25, -0.2) is 8.42 Å². The first kappa shape index (κ1) is 13.4. The van der Waals surface area contributed by atoms with Gasteiger partial charge in [0.05, 0.1) is 4.90 Å². The van der Waals surface area contributed by atoms with Crippen molar-refractivity contribution in [2.24, 2.45) is 5.73 Å². The minimum Gasteiger partial charge on any atom is -0.369 e. The summed E-state index contributed by atoms with van der Waals surface area (Å²) in [6.45, 7) is 3.09. The highest BCUT2D eigenvalue weighted by Crippen LogP contribution is 2.25. The maximum Gasteiger partial charge on any atom is 0.175 e. The maximum absolute atomic E-state index is 11.4. The van der Waals surface area contributed by atoms with Gasteiger partial charge in [-0.1, -0.05) is 0 Å². The van der Waals surface area contributed by atoms with Crippen LogP contribution in [0.3, 0.4) is 0 Å². The molecule has 2 unspecified atom stereocenters. The van der Waals surface area contributed by atoms with E-state index in [0.717, 1.165) is 25.1 Å². The molecule has 1 fully saturated rings. The number of sulfone groups is 1. The van der Waals surface area contributed by atoms with Gasteiger partial charge < -0.3 is 10.6 Å². The van der Waals surface area contributed by atoms with Crippen molar-refractivity contribution in [1.82, 2.24) is 0 Å². The Morgan fingerprint density at radius 3 is 2.39 bits per heavy atom. The van der Waals surface area contributed by atoms with Gasteiger partial charge in [0.25, 0.3) is 0 Å². The second-order valence-electron chi connectivity index (χ2n) is 5.09. The summed E-state index contributed by atoms with van der Waals surface area (Å²) in [7, 11) is -3.11. The van der Waals surface area contributed by atoms with Gasteiger partial charge in [-0.2, -0.15) is 0 Å². The summed E-state index contributed by atoms with van der Waals surface area (Å²) in [6.07, 6.45) is 3.19. The number of nitrogens with two attached hydrogens (primary N) is 1. The molecule has 1 aromatic carbocycles. The number of hydrogen-bond acceptors (Lipinski definition) is 4. The molecule has 0 amide bonds. The molecule has 5 heteroatoms. The normalized spacial score (nSPS) is 25.2. The quantitative estimate of drug-likeness (QED) is 0.881. The first-order valence-corrected chi connectivity index (χ1v) is 8.09. The molecule has 0 spiro atoms. The van der Waals surface area contributed by atoms with E-state index in [4.69, 9.17) is 5.73 Å². The fourth-order valence-corrected chi connectivity index (χ4v) is 3.11. The van der Waals surface area contributed by atoms with E-state index >= 15 is 0 Å². The minimum absolute atomic E-state index is 0.284. The van der Waals surface area contributed by atoms with Gasteiger partial charge in [0, 0.05) is 30.6 Å². The SMILES string of the molecule is CC1CC(N)CCN1c1ccc(S(C)(=O)=O)cc1. The van der Waals surface area contributed by atoms with Crippen molar-refractivity contribution in [2.45, 2.75) is 36.7 Å². The van der Waals surface area contributed by atoms with Gasteiger partial charge in [-0.05, 0) is 44.0 Å². The lowest BCUT2D eigenvalue weighted by Gasteiger charge is -2.38. The standard InChI is InChI=1S/C13H20N2O2S/c1-10-9-11(14)7-8-15(10)12-3-5-13(6-4-12)18(2,16)17/h3-6,10-11H,7-9,14H2,1-2H3. The molecular weight excluding hydrogens is 248 g/mol. The Morgan fingerprint density at radius 1 is 1.28 bits per heavy atom. The number of piperidine rings is 1. The van der Waals surface area contributed by atoms with Crippen molar-refractivity contribution in [3.8, 4) is 0 Å². The molecule has 1 heterocycles. The summed E-state index contributed by atoms with van der Waals surface area (Å²) in [5.74, 6) is 0. The second kappa shape index (κ2) is 4.90. The van der Waals surface area contributed by atoms with Gasteiger partial charge in [0.15, 0.2) is 9.84 Å². The third kappa shape index (κ3) is 2.84. The van der Waals surface area contributed by atoms with Crippen LogP contribution >= 0.6 is 0 Å². The fraction of sp³-hybridized carbons (Fsp3) is 0.538. The van der Waals surface area contributed by atoms with Crippen molar-refractivity contribution in [1.29, 1.82) is 0 Å². The smallest absolute Gasteiger partial charge is 0.175 e. The highest BCUT2D eigenvalue weighted by Gasteiger charge is 2.23. The van der Waals surface area contributed by atoms with Crippen LogP contribution in [-0.4, -0.2) is 33.3 Å².